The number of hydrogen-bond donors (Lipinski definition) is 2. The second-order valence-corrected chi connectivity index (χ2v) is 7.76. The van der Waals surface area contributed by atoms with Crippen molar-refractivity contribution in [3.63, 3.8) is 0 Å². The van der Waals surface area contributed by atoms with Crippen molar-refractivity contribution in [3.05, 3.63) is 58.4 Å². The first-order valence-electron chi connectivity index (χ1n) is 10.3. The lowest BCUT2D eigenvalue weighted by Crippen LogP contribution is -2.26. The van der Waals surface area contributed by atoms with Crippen molar-refractivity contribution in [1.29, 1.82) is 5.26 Å². The highest BCUT2D eigenvalue weighted by atomic mass is 16.2. The van der Waals surface area contributed by atoms with E-state index in [4.69, 9.17) is 0 Å². The number of nitrogens with one attached hydrogen (secondary N) is 2. The number of carbonyl (C=O) groups is 2. The SMILES string of the molecule is CCCNC(=O)c1ccccc1NC(=O)/C(C#N)=C/c1cc(C)n(CC(C)C)c1C. The van der Waals surface area contributed by atoms with Crippen LogP contribution in [0.3, 0.4) is 0 Å². The molecule has 1 aromatic heterocycles. The van der Waals surface area contributed by atoms with Crippen molar-refractivity contribution < 1.29 is 9.59 Å². The van der Waals surface area contributed by atoms with Gasteiger partial charge in [-0.25, -0.2) is 0 Å². The quantitative estimate of drug-likeness (QED) is 0.502. The van der Waals surface area contributed by atoms with Crippen LogP contribution < -0.4 is 10.6 Å². The highest BCUT2D eigenvalue weighted by Crippen LogP contribution is 2.21. The first-order valence-corrected chi connectivity index (χ1v) is 10.3. The molecule has 0 saturated carbocycles. The van der Waals surface area contributed by atoms with E-state index in [0.29, 0.717) is 23.7 Å². The standard InChI is InChI=1S/C24H30N4O2/c1-6-11-26-24(30)21-9-7-8-10-22(21)27-23(29)20(14-25)13-19-12-17(4)28(18(19)5)15-16(2)3/h7-10,12-13,16H,6,11,15H2,1-5H3,(H,26,30)(H,27,29)/b20-13+. The van der Waals surface area contributed by atoms with Crippen LogP contribution in [0.5, 0.6) is 0 Å². The van der Waals surface area contributed by atoms with Gasteiger partial charge in [-0.15, -0.1) is 0 Å². The molecule has 1 aromatic carbocycles. The van der Waals surface area contributed by atoms with E-state index in [1.165, 1.54) is 0 Å². The van der Waals surface area contributed by atoms with Gasteiger partial charge in [-0.3, -0.25) is 9.59 Å². The number of para-hydroxylation sites is 1. The summed E-state index contributed by atoms with van der Waals surface area (Å²) in [6.07, 6.45) is 2.42. The molecule has 0 radical (unpaired) electrons. The molecule has 1 heterocycles. The number of aryl methyl sites for hydroxylation is 1. The molecular weight excluding hydrogens is 376 g/mol. The summed E-state index contributed by atoms with van der Waals surface area (Å²) in [5, 5.41) is 15.1. The van der Waals surface area contributed by atoms with E-state index in [0.717, 1.165) is 29.9 Å². The number of benzene rings is 1. The molecule has 6 heteroatoms. The fourth-order valence-electron chi connectivity index (χ4n) is 3.24. The van der Waals surface area contributed by atoms with Gasteiger partial charge in [-0.05, 0) is 56.0 Å². The van der Waals surface area contributed by atoms with Crippen LogP contribution in [0.2, 0.25) is 0 Å². The zero-order chi connectivity index (χ0) is 22.3. The predicted molar refractivity (Wildman–Crippen MR) is 120 cm³/mol. The van der Waals surface area contributed by atoms with Gasteiger partial charge in [0.25, 0.3) is 11.8 Å². The fraction of sp³-hybridized carbons (Fsp3) is 0.375. The van der Waals surface area contributed by atoms with Crippen molar-refractivity contribution in [2.24, 2.45) is 5.92 Å². The maximum absolute atomic E-state index is 12.8. The zero-order valence-electron chi connectivity index (χ0n) is 18.4. The lowest BCUT2D eigenvalue weighted by atomic mass is 10.1. The summed E-state index contributed by atoms with van der Waals surface area (Å²) in [5.41, 5.74) is 3.68. The van der Waals surface area contributed by atoms with Gasteiger partial charge in [0.1, 0.15) is 11.6 Å². The Morgan fingerprint density at radius 2 is 1.93 bits per heavy atom. The summed E-state index contributed by atoms with van der Waals surface area (Å²) in [6.45, 7) is 11.7. The molecule has 0 aliphatic carbocycles. The van der Waals surface area contributed by atoms with Crippen LogP contribution >= 0.6 is 0 Å². The van der Waals surface area contributed by atoms with Crippen LogP contribution in [0.15, 0.2) is 35.9 Å². The monoisotopic (exact) mass is 406 g/mol. The number of anilines is 1. The van der Waals surface area contributed by atoms with Crippen LogP contribution in [0, 0.1) is 31.1 Å². The van der Waals surface area contributed by atoms with Crippen LogP contribution in [-0.2, 0) is 11.3 Å². The van der Waals surface area contributed by atoms with Crippen LogP contribution in [-0.4, -0.2) is 22.9 Å². The average molecular weight is 407 g/mol. The molecule has 2 rings (SSSR count). The Balaban J connectivity index is 2.29. The van der Waals surface area contributed by atoms with Gasteiger partial charge in [-0.1, -0.05) is 32.9 Å². The molecule has 2 N–H and O–H groups in total. The first kappa shape index (κ1) is 23.0. The Labute approximate surface area is 178 Å². The predicted octanol–water partition coefficient (Wildman–Crippen LogP) is 4.45. The van der Waals surface area contributed by atoms with Gasteiger partial charge in [0.15, 0.2) is 0 Å². The van der Waals surface area contributed by atoms with E-state index in [1.807, 2.05) is 32.9 Å². The summed E-state index contributed by atoms with van der Waals surface area (Å²) in [5.74, 6) is -0.310. The molecule has 0 unspecified atom stereocenters. The molecule has 0 atom stereocenters. The molecule has 0 spiro atoms. The summed E-state index contributed by atoms with van der Waals surface area (Å²) < 4.78 is 2.19. The second kappa shape index (κ2) is 10.4. The van der Waals surface area contributed by atoms with Crippen LogP contribution in [0.1, 0.15) is 54.5 Å². The largest absolute Gasteiger partial charge is 0.352 e. The third-order valence-corrected chi connectivity index (χ3v) is 4.78. The average Bonchev–Trinajstić information content (AvgIpc) is 2.97. The van der Waals surface area contributed by atoms with E-state index in [9.17, 15) is 14.9 Å². The summed E-state index contributed by atoms with van der Waals surface area (Å²) in [4.78, 5) is 25.1. The Kier molecular flexibility index (Phi) is 7.99. The molecule has 0 bridgehead atoms. The Morgan fingerprint density at radius 1 is 1.23 bits per heavy atom. The lowest BCUT2D eigenvalue weighted by Gasteiger charge is -2.12. The van der Waals surface area contributed by atoms with Crippen LogP contribution in [0.25, 0.3) is 6.08 Å². The number of carbonyl (C=O) groups excluding carboxylic acids is 2. The van der Waals surface area contributed by atoms with Gasteiger partial charge in [-0.2, -0.15) is 5.26 Å². The fourth-order valence-corrected chi connectivity index (χ4v) is 3.24. The third-order valence-electron chi connectivity index (χ3n) is 4.78. The van der Waals surface area contributed by atoms with E-state index in [-0.39, 0.29) is 11.5 Å². The Bertz CT molecular complexity index is 993. The van der Waals surface area contributed by atoms with Crippen molar-refractivity contribution >= 4 is 23.6 Å². The lowest BCUT2D eigenvalue weighted by molar-refractivity contribution is -0.112. The highest BCUT2D eigenvalue weighted by Gasteiger charge is 2.17. The maximum atomic E-state index is 12.8. The van der Waals surface area contributed by atoms with Gasteiger partial charge < -0.3 is 15.2 Å². The Hall–Kier alpha value is -3.33. The van der Waals surface area contributed by atoms with Crippen molar-refractivity contribution in [1.82, 2.24) is 9.88 Å². The number of aromatic nitrogens is 1. The van der Waals surface area contributed by atoms with Crippen molar-refractivity contribution in [3.8, 4) is 6.07 Å². The topological polar surface area (TPSA) is 86.9 Å². The first-order chi connectivity index (χ1) is 14.3. The summed E-state index contributed by atoms with van der Waals surface area (Å²) in [6, 6.07) is 10.7. The highest BCUT2D eigenvalue weighted by molar-refractivity contribution is 6.12. The van der Waals surface area contributed by atoms with Gasteiger partial charge in [0.2, 0.25) is 0 Å². The molecule has 2 amide bonds. The minimum Gasteiger partial charge on any atom is -0.352 e. The molecule has 6 nitrogen and oxygen atoms in total. The number of nitrogens with zero attached hydrogens (tertiary/aromatic N) is 2. The molecular formula is C24H30N4O2. The molecule has 2 aromatic rings. The maximum Gasteiger partial charge on any atom is 0.266 e. The van der Waals surface area contributed by atoms with E-state index >= 15 is 0 Å². The normalized spacial score (nSPS) is 11.3. The van der Waals surface area contributed by atoms with Crippen molar-refractivity contribution in [2.75, 3.05) is 11.9 Å². The second-order valence-electron chi connectivity index (χ2n) is 7.76. The van der Waals surface area contributed by atoms with Gasteiger partial charge in [0.05, 0.1) is 11.3 Å². The molecule has 158 valence electrons. The number of amides is 2. The molecule has 0 aliphatic heterocycles. The smallest absolute Gasteiger partial charge is 0.266 e. The molecule has 0 saturated heterocycles. The van der Waals surface area contributed by atoms with E-state index in [1.54, 1.807) is 30.3 Å². The zero-order valence-corrected chi connectivity index (χ0v) is 18.4. The number of hydrogen-bond acceptors (Lipinski definition) is 3. The minimum atomic E-state index is -0.540. The molecule has 30 heavy (non-hydrogen) atoms. The van der Waals surface area contributed by atoms with E-state index < -0.39 is 5.91 Å². The van der Waals surface area contributed by atoms with Crippen molar-refractivity contribution in [2.45, 2.75) is 47.6 Å². The third kappa shape index (κ3) is 5.60. The van der Waals surface area contributed by atoms with Gasteiger partial charge >= 0.3 is 0 Å². The van der Waals surface area contributed by atoms with E-state index in [2.05, 4.69) is 29.0 Å². The Morgan fingerprint density at radius 3 is 2.57 bits per heavy atom. The summed E-state index contributed by atoms with van der Waals surface area (Å²) >= 11 is 0. The van der Waals surface area contributed by atoms with Gasteiger partial charge in [0, 0.05) is 24.5 Å². The number of rotatable bonds is 8. The molecule has 0 aliphatic rings. The summed E-state index contributed by atoms with van der Waals surface area (Å²) in [7, 11) is 0. The minimum absolute atomic E-state index is 0.0106. The number of nitriles is 1. The molecule has 0 fully saturated rings. The van der Waals surface area contributed by atoms with Crippen LogP contribution in [0.4, 0.5) is 5.69 Å².